The summed E-state index contributed by atoms with van der Waals surface area (Å²) in [5.74, 6) is 0. The molecular formula is C12H13NOS. The molecule has 78 valence electrons. The lowest BCUT2D eigenvalue weighted by atomic mass is 10.3. The molecule has 3 heteroatoms. The number of rotatable bonds is 3. The van der Waals surface area contributed by atoms with Crippen molar-refractivity contribution in [2.75, 3.05) is 0 Å². The topological polar surface area (TPSA) is 22.0 Å². The predicted octanol–water partition coefficient (Wildman–Crippen LogP) is 2.46. The molecule has 0 amide bonds. The Morgan fingerprint density at radius 1 is 1.33 bits per heavy atom. The maximum absolute atomic E-state index is 11.7. The molecule has 0 spiro atoms. The van der Waals surface area contributed by atoms with Crippen molar-refractivity contribution in [1.82, 2.24) is 4.57 Å². The van der Waals surface area contributed by atoms with Crippen LogP contribution in [0, 0.1) is 6.92 Å². The van der Waals surface area contributed by atoms with Gasteiger partial charge in [-0.2, -0.15) is 0 Å². The number of aromatic nitrogens is 1. The SMILES string of the molecule is Cc1cccn(CCc2cccs2)c1=O. The first-order valence-corrected chi connectivity index (χ1v) is 5.84. The second kappa shape index (κ2) is 4.45. The number of hydrogen-bond donors (Lipinski definition) is 0. The fraction of sp³-hybridized carbons (Fsp3) is 0.250. The molecule has 0 aliphatic rings. The molecular weight excluding hydrogens is 206 g/mol. The smallest absolute Gasteiger partial charge is 0.253 e. The van der Waals surface area contributed by atoms with E-state index in [1.54, 1.807) is 15.9 Å². The molecule has 0 saturated heterocycles. The van der Waals surface area contributed by atoms with Gasteiger partial charge in [0.05, 0.1) is 0 Å². The van der Waals surface area contributed by atoms with Crippen molar-refractivity contribution < 1.29 is 0 Å². The summed E-state index contributed by atoms with van der Waals surface area (Å²) in [5, 5.41) is 2.06. The highest BCUT2D eigenvalue weighted by molar-refractivity contribution is 7.09. The van der Waals surface area contributed by atoms with Gasteiger partial charge in [0.2, 0.25) is 0 Å². The first-order chi connectivity index (χ1) is 7.27. The normalized spacial score (nSPS) is 10.5. The van der Waals surface area contributed by atoms with Crippen molar-refractivity contribution >= 4 is 11.3 Å². The van der Waals surface area contributed by atoms with Gasteiger partial charge in [-0.1, -0.05) is 12.1 Å². The summed E-state index contributed by atoms with van der Waals surface area (Å²) >= 11 is 1.74. The van der Waals surface area contributed by atoms with E-state index in [2.05, 4.69) is 11.4 Å². The monoisotopic (exact) mass is 219 g/mol. The molecule has 2 aromatic heterocycles. The quantitative estimate of drug-likeness (QED) is 0.777. The van der Waals surface area contributed by atoms with Crippen LogP contribution >= 0.6 is 11.3 Å². The minimum Gasteiger partial charge on any atom is -0.315 e. The van der Waals surface area contributed by atoms with Gasteiger partial charge < -0.3 is 4.57 Å². The number of pyridine rings is 1. The zero-order chi connectivity index (χ0) is 10.7. The minimum atomic E-state index is 0.119. The Labute approximate surface area is 92.8 Å². The molecule has 0 N–H and O–H groups in total. The van der Waals surface area contributed by atoms with Crippen LogP contribution in [0.2, 0.25) is 0 Å². The summed E-state index contributed by atoms with van der Waals surface area (Å²) < 4.78 is 1.77. The molecule has 0 saturated carbocycles. The van der Waals surface area contributed by atoms with Crippen LogP contribution in [0.4, 0.5) is 0 Å². The predicted molar refractivity (Wildman–Crippen MR) is 63.5 cm³/mol. The Balaban J connectivity index is 2.12. The fourth-order valence-electron chi connectivity index (χ4n) is 1.52. The lowest BCUT2D eigenvalue weighted by molar-refractivity contribution is 0.670. The van der Waals surface area contributed by atoms with Crippen molar-refractivity contribution in [3.05, 3.63) is 56.6 Å². The highest BCUT2D eigenvalue weighted by Gasteiger charge is 1.99. The molecule has 0 unspecified atom stereocenters. The Hall–Kier alpha value is -1.35. The third-order valence-electron chi connectivity index (χ3n) is 2.39. The lowest BCUT2D eigenvalue weighted by Crippen LogP contribution is -2.21. The van der Waals surface area contributed by atoms with Crippen molar-refractivity contribution in [3.8, 4) is 0 Å². The Morgan fingerprint density at radius 3 is 2.93 bits per heavy atom. The average molecular weight is 219 g/mol. The summed E-state index contributed by atoms with van der Waals surface area (Å²) in [5.41, 5.74) is 0.928. The van der Waals surface area contributed by atoms with E-state index >= 15 is 0 Å². The highest BCUT2D eigenvalue weighted by Crippen LogP contribution is 2.09. The average Bonchev–Trinajstić information content (AvgIpc) is 2.73. The summed E-state index contributed by atoms with van der Waals surface area (Å²) in [6.07, 6.45) is 2.78. The zero-order valence-electron chi connectivity index (χ0n) is 8.64. The maximum Gasteiger partial charge on any atom is 0.253 e. The van der Waals surface area contributed by atoms with Crippen LogP contribution in [0.25, 0.3) is 0 Å². The molecule has 2 heterocycles. The number of hydrogen-bond acceptors (Lipinski definition) is 2. The van der Waals surface area contributed by atoms with Crippen molar-refractivity contribution in [2.45, 2.75) is 19.9 Å². The molecule has 0 fully saturated rings. The summed E-state index contributed by atoms with van der Waals surface area (Å²) in [7, 11) is 0. The molecule has 15 heavy (non-hydrogen) atoms. The van der Waals surface area contributed by atoms with Gasteiger partial charge >= 0.3 is 0 Å². The van der Waals surface area contributed by atoms with E-state index in [0.29, 0.717) is 0 Å². The van der Waals surface area contributed by atoms with Gasteiger partial charge in [0.25, 0.3) is 5.56 Å². The molecule has 0 radical (unpaired) electrons. The van der Waals surface area contributed by atoms with Gasteiger partial charge in [-0.05, 0) is 30.9 Å². The Bertz CT molecular complexity index is 485. The number of aryl methyl sites for hydroxylation is 3. The Kier molecular flexibility index (Phi) is 3.02. The molecule has 0 bridgehead atoms. The third kappa shape index (κ3) is 2.36. The second-order valence-corrected chi connectivity index (χ2v) is 4.55. The van der Waals surface area contributed by atoms with Gasteiger partial charge in [-0.25, -0.2) is 0 Å². The standard InChI is InChI=1S/C12H13NOS/c1-10-4-2-7-13(12(10)14)8-6-11-5-3-9-15-11/h2-5,7,9H,6,8H2,1H3. The highest BCUT2D eigenvalue weighted by atomic mass is 32.1. The fourth-order valence-corrected chi connectivity index (χ4v) is 2.22. The van der Waals surface area contributed by atoms with Crippen LogP contribution in [0.15, 0.2) is 40.6 Å². The number of thiophene rings is 1. The van der Waals surface area contributed by atoms with Crippen molar-refractivity contribution in [1.29, 1.82) is 0 Å². The first kappa shape index (κ1) is 10.2. The molecule has 2 rings (SSSR count). The van der Waals surface area contributed by atoms with Gasteiger partial charge in [0.1, 0.15) is 0 Å². The van der Waals surface area contributed by atoms with Gasteiger partial charge in [-0.15, -0.1) is 11.3 Å². The van der Waals surface area contributed by atoms with E-state index in [1.165, 1.54) is 4.88 Å². The molecule has 0 aliphatic heterocycles. The van der Waals surface area contributed by atoms with Gasteiger partial charge in [0.15, 0.2) is 0 Å². The van der Waals surface area contributed by atoms with E-state index in [-0.39, 0.29) is 5.56 Å². The van der Waals surface area contributed by atoms with Crippen molar-refractivity contribution in [2.24, 2.45) is 0 Å². The van der Waals surface area contributed by atoms with E-state index in [0.717, 1.165) is 18.5 Å². The number of nitrogens with zero attached hydrogens (tertiary/aromatic N) is 1. The maximum atomic E-state index is 11.7. The second-order valence-electron chi connectivity index (χ2n) is 3.52. The van der Waals surface area contributed by atoms with Gasteiger partial charge in [-0.3, -0.25) is 4.79 Å². The van der Waals surface area contributed by atoms with E-state index in [9.17, 15) is 4.79 Å². The van der Waals surface area contributed by atoms with E-state index < -0.39 is 0 Å². The molecule has 0 aromatic carbocycles. The van der Waals surface area contributed by atoms with Crippen LogP contribution < -0.4 is 5.56 Å². The van der Waals surface area contributed by atoms with Crippen LogP contribution in [0.3, 0.4) is 0 Å². The molecule has 0 aliphatic carbocycles. The van der Waals surface area contributed by atoms with Crippen LogP contribution in [0.1, 0.15) is 10.4 Å². The Morgan fingerprint density at radius 2 is 2.20 bits per heavy atom. The van der Waals surface area contributed by atoms with Crippen LogP contribution in [-0.4, -0.2) is 4.57 Å². The third-order valence-corrected chi connectivity index (χ3v) is 3.33. The van der Waals surface area contributed by atoms with Crippen LogP contribution in [-0.2, 0) is 13.0 Å². The minimum absolute atomic E-state index is 0.119. The first-order valence-electron chi connectivity index (χ1n) is 4.96. The summed E-state index contributed by atoms with van der Waals surface area (Å²) in [4.78, 5) is 13.0. The van der Waals surface area contributed by atoms with Gasteiger partial charge in [0, 0.05) is 23.2 Å². The van der Waals surface area contributed by atoms with Crippen LogP contribution in [0.5, 0.6) is 0 Å². The molecule has 0 atom stereocenters. The van der Waals surface area contributed by atoms with Crippen molar-refractivity contribution in [3.63, 3.8) is 0 Å². The largest absolute Gasteiger partial charge is 0.315 e. The summed E-state index contributed by atoms with van der Waals surface area (Å²) in [6, 6.07) is 7.92. The van der Waals surface area contributed by atoms with E-state index in [4.69, 9.17) is 0 Å². The summed E-state index contributed by atoms with van der Waals surface area (Å²) in [6.45, 7) is 2.62. The molecule has 2 nitrogen and oxygen atoms in total. The zero-order valence-corrected chi connectivity index (χ0v) is 9.46. The van der Waals surface area contributed by atoms with E-state index in [1.807, 2.05) is 31.3 Å². The lowest BCUT2D eigenvalue weighted by Gasteiger charge is -2.04. The molecule has 2 aromatic rings.